The van der Waals surface area contributed by atoms with Gasteiger partial charge in [0.25, 0.3) is 0 Å². The summed E-state index contributed by atoms with van der Waals surface area (Å²) in [4.78, 5) is 47.9. The van der Waals surface area contributed by atoms with Gasteiger partial charge in [0.2, 0.25) is 9.84 Å². The molecule has 0 spiro atoms. The van der Waals surface area contributed by atoms with Gasteiger partial charge < -0.3 is 19.7 Å². The normalized spacial score (nSPS) is 10.9. The van der Waals surface area contributed by atoms with E-state index in [1.54, 1.807) is 36.4 Å². The molecule has 0 aromatic heterocycles. The summed E-state index contributed by atoms with van der Waals surface area (Å²) in [5.74, 6) is -4.89. The minimum atomic E-state index is -4.48. The highest BCUT2D eigenvalue weighted by Gasteiger charge is 2.27. The number of benzene rings is 4. The van der Waals surface area contributed by atoms with Crippen LogP contribution < -0.4 is 9.47 Å². The lowest BCUT2D eigenvalue weighted by atomic mass is 10.1. The summed E-state index contributed by atoms with van der Waals surface area (Å²) in [6.07, 6.45) is 0. The number of hydrogen-bond acceptors (Lipinski definition) is 8. The number of carboxylic acid groups (broad SMARTS) is 2. The standard InChI is InChI=1S/C28H18O10S/c29-25(30)21-13-11-19(15-23(21)26(31)32)39(35,36)20-12-14-22(27(33)37-17-7-3-1-4-8-17)24(16-20)28(34)38-18-9-5-2-6-10-18/h1-16H,(H,29,30)(H,31,32). The SMILES string of the molecule is O=C(O)c1ccc(S(=O)(=O)c2ccc(C(=O)Oc3ccccc3)c(C(=O)Oc3ccccc3)c2)cc1C(=O)O. The molecule has 4 aromatic rings. The molecule has 0 amide bonds. The van der Waals surface area contributed by atoms with E-state index < -0.39 is 60.2 Å². The van der Waals surface area contributed by atoms with Crippen LogP contribution in [0, 0.1) is 0 Å². The number of esters is 2. The third-order valence-electron chi connectivity index (χ3n) is 5.41. The summed E-state index contributed by atoms with van der Waals surface area (Å²) >= 11 is 0. The van der Waals surface area contributed by atoms with Gasteiger partial charge in [0.1, 0.15) is 11.5 Å². The van der Waals surface area contributed by atoms with Gasteiger partial charge in [-0.25, -0.2) is 27.6 Å². The van der Waals surface area contributed by atoms with Gasteiger partial charge in [-0.15, -0.1) is 0 Å². The second-order valence-corrected chi connectivity index (χ2v) is 9.88. The smallest absolute Gasteiger partial charge is 0.344 e. The van der Waals surface area contributed by atoms with Crippen molar-refractivity contribution in [2.75, 3.05) is 0 Å². The highest BCUT2D eigenvalue weighted by Crippen LogP contribution is 2.27. The Morgan fingerprint density at radius 3 is 1.38 bits per heavy atom. The molecular formula is C28H18O10S. The Labute approximate surface area is 221 Å². The number of ether oxygens (including phenoxy) is 2. The largest absolute Gasteiger partial charge is 0.478 e. The first kappa shape index (κ1) is 26.8. The van der Waals surface area contributed by atoms with Gasteiger partial charge in [-0.05, 0) is 60.7 Å². The number of carbonyl (C=O) groups is 4. The molecule has 0 radical (unpaired) electrons. The van der Waals surface area contributed by atoms with Crippen molar-refractivity contribution in [1.82, 2.24) is 0 Å². The van der Waals surface area contributed by atoms with E-state index in [-0.39, 0.29) is 17.1 Å². The third-order valence-corrected chi connectivity index (χ3v) is 7.16. The Morgan fingerprint density at radius 2 is 0.923 bits per heavy atom. The van der Waals surface area contributed by atoms with Crippen LogP contribution in [0.1, 0.15) is 41.4 Å². The molecule has 10 nitrogen and oxygen atoms in total. The van der Waals surface area contributed by atoms with Crippen LogP contribution in [0.3, 0.4) is 0 Å². The Morgan fingerprint density at radius 1 is 0.513 bits per heavy atom. The zero-order chi connectivity index (χ0) is 28.2. The fourth-order valence-electron chi connectivity index (χ4n) is 3.53. The van der Waals surface area contributed by atoms with Crippen molar-refractivity contribution < 1.29 is 47.3 Å². The Kier molecular flexibility index (Phi) is 7.54. The number of carbonyl (C=O) groups excluding carboxylic acids is 2. The van der Waals surface area contributed by atoms with Gasteiger partial charge in [0, 0.05) is 0 Å². The molecule has 0 fully saturated rings. The molecule has 11 heteroatoms. The van der Waals surface area contributed by atoms with E-state index in [1.165, 1.54) is 24.3 Å². The number of rotatable bonds is 8. The summed E-state index contributed by atoms with van der Waals surface area (Å²) in [6, 6.07) is 21.4. The summed E-state index contributed by atoms with van der Waals surface area (Å²) in [7, 11) is -4.48. The maximum atomic E-state index is 13.4. The molecular weight excluding hydrogens is 528 g/mol. The molecule has 0 aliphatic carbocycles. The predicted molar refractivity (Wildman–Crippen MR) is 135 cm³/mol. The summed E-state index contributed by atoms with van der Waals surface area (Å²) in [6.45, 7) is 0. The maximum Gasteiger partial charge on any atom is 0.344 e. The van der Waals surface area contributed by atoms with E-state index >= 15 is 0 Å². The first-order chi connectivity index (χ1) is 18.6. The molecule has 0 unspecified atom stereocenters. The maximum absolute atomic E-state index is 13.4. The summed E-state index contributed by atoms with van der Waals surface area (Å²) in [5.41, 5.74) is -2.06. The van der Waals surface area contributed by atoms with Crippen LogP contribution in [-0.4, -0.2) is 42.5 Å². The van der Waals surface area contributed by atoms with Gasteiger partial charge in [-0.2, -0.15) is 0 Å². The lowest BCUT2D eigenvalue weighted by molar-refractivity contribution is 0.0651. The zero-order valence-corrected chi connectivity index (χ0v) is 20.6. The van der Waals surface area contributed by atoms with Gasteiger partial charge in [-0.3, -0.25) is 0 Å². The lowest BCUT2D eigenvalue weighted by Gasteiger charge is -2.13. The second-order valence-electron chi connectivity index (χ2n) is 7.93. The molecule has 0 atom stereocenters. The number of aromatic carboxylic acids is 2. The molecule has 196 valence electrons. The molecule has 4 rings (SSSR count). The minimum absolute atomic E-state index is 0.133. The highest BCUT2D eigenvalue weighted by molar-refractivity contribution is 7.91. The second kappa shape index (κ2) is 11.0. The minimum Gasteiger partial charge on any atom is -0.478 e. The van der Waals surface area contributed by atoms with Crippen LogP contribution in [0.15, 0.2) is 107 Å². The fourth-order valence-corrected chi connectivity index (χ4v) is 4.84. The summed E-state index contributed by atoms with van der Waals surface area (Å²) < 4.78 is 37.4. The number of carboxylic acids is 2. The van der Waals surface area contributed by atoms with Crippen molar-refractivity contribution in [3.8, 4) is 11.5 Å². The molecule has 0 saturated heterocycles. The molecule has 0 aliphatic rings. The van der Waals surface area contributed by atoms with Crippen molar-refractivity contribution in [3.63, 3.8) is 0 Å². The quantitative estimate of drug-likeness (QED) is 0.240. The number of para-hydroxylation sites is 2. The van der Waals surface area contributed by atoms with Gasteiger partial charge >= 0.3 is 23.9 Å². The van der Waals surface area contributed by atoms with E-state index in [2.05, 4.69) is 0 Å². The third kappa shape index (κ3) is 5.84. The Bertz CT molecular complexity index is 1700. The van der Waals surface area contributed by atoms with Gasteiger partial charge in [0.15, 0.2) is 0 Å². The first-order valence-electron chi connectivity index (χ1n) is 11.1. The van der Waals surface area contributed by atoms with Crippen molar-refractivity contribution in [2.24, 2.45) is 0 Å². The van der Waals surface area contributed by atoms with Crippen molar-refractivity contribution in [2.45, 2.75) is 9.79 Å². The Hall–Kier alpha value is -5.29. The van der Waals surface area contributed by atoms with E-state index in [0.717, 1.165) is 30.3 Å². The molecule has 39 heavy (non-hydrogen) atoms. The van der Waals surface area contributed by atoms with Crippen molar-refractivity contribution in [1.29, 1.82) is 0 Å². The monoisotopic (exact) mass is 546 g/mol. The van der Waals surface area contributed by atoms with E-state index in [4.69, 9.17) is 9.47 Å². The van der Waals surface area contributed by atoms with Crippen LogP contribution >= 0.6 is 0 Å². The fraction of sp³-hybridized carbons (Fsp3) is 0. The van der Waals surface area contributed by atoms with Crippen LogP contribution in [0.25, 0.3) is 0 Å². The van der Waals surface area contributed by atoms with Crippen molar-refractivity contribution >= 4 is 33.7 Å². The average Bonchev–Trinajstić information content (AvgIpc) is 2.93. The molecule has 0 bridgehead atoms. The topological polar surface area (TPSA) is 161 Å². The predicted octanol–water partition coefficient (Wildman–Crippen LogP) is 4.35. The molecule has 0 heterocycles. The van der Waals surface area contributed by atoms with Crippen molar-refractivity contribution in [3.05, 3.63) is 119 Å². The first-order valence-corrected chi connectivity index (χ1v) is 12.6. The number of hydrogen-bond donors (Lipinski definition) is 2. The van der Waals surface area contributed by atoms with Crippen LogP contribution in [0.5, 0.6) is 11.5 Å². The highest BCUT2D eigenvalue weighted by atomic mass is 32.2. The average molecular weight is 547 g/mol. The Balaban J connectivity index is 1.80. The number of sulfone groups is 1. The molecule has 4 aromatic carbocycles. The molecule has 0 aliphatic heterocycles. The molecule has 0 saturated carbocycles. The van der Waals surface area contributed by atoms with Crippen LogP contribution in [0.2, 0.25) is 0 Å². The van der Waals surface area contributed by atoms with Gasteiger partial charge in [-0.1, -0.05) is 36.4 Å². The van der Waals surface area contributed by atoms with Crippen LogP contribution in [-0.2, 0) is 9.84 Å². The van der Waals surface area contributed by atoms with E-state index in [9.17, 15) is 37.8 Å². The van der Waals surface area contributed by atoms with Crippen LogP contribution in [0.4, 0.5) is 0 Å². The van der Waals surface area contributed by atoms with E-state index in [1.807, 2.05) is 0 Å². The van der Waals surface area contributed by atoms with E-state index in [0.29, 0.717) is 6.07 Å². The summed E-state index contributed by atoms with van der Waals surface area (Å²) in [5, 5.41) is 18.6. The zero-order valence-electron chi connectivity index (χ0n) is 19.8. The lowest BCUT2D eigenvalue weighted by Crippen LogP contribution is -2.19. The molecule has 2 N–H and O–H groups in total. The van der Waals surface area contributed by atoms with Gasteiger partial charge in [0.05, 0.1) is 32.0 Å².